The molecule has 1 aromatic heterocycles. The van der Waals surface area contributed by atoms with Crippen molar-refractivity contribution in [3.05, 3.63) is 87.5 Å². The number of allylic oxidation sites excluding steroid dienone is 1. The molecule has 0 saturated heterocycles. The molecule has 3 rings (SSSR count). The van der Waals surface area contributed by atoms with E-state index in [9.17, 15) is 8.78 Å². The Morgan fingerprint density at radius 1 is 1.15 bits per heavy atom. The maximum Gasteiger partial charge on any atom is 0.291 e. The van der Waals surface area contributed by atoms with Gasteiger partial charge in [0.1, 0.15) is 30.0 Å². The lowest BCUT2D eigenvalue weighted by Crippen LogP contribution is -2.05. The number of unbranched alkanes of at least 4 members (excludes halogenated alkanes) is 2. The predicted octanol–water partition coefficient (Wildman–Crippen LogP) is 5.47. The van der Waals surface area contributed by atoms with E-state index in [1.54, 1.807) is 19.1 Å². The maximum absolute atomic E-state index is 14.3. The average Bonchev–Trinajstić information content (AvgIpc) is 3.32. The van der Waals surface area contributed by atoms with Crippen LogP contribution in [0.1, 0.15) is 31.7 Å². The molecule has 9 nitrogen and oxygen atoms in total. The minimum absolute atomic E-state index is 0.176. The summed E-state index contributed by atoms with van der Waals surface area (Å²) in [5.74, 6) is -0.262. The third kappa shape index (κ3) is 9.02. The Bertz CT molecular complexity index is 1080. The Hall–Kier alpha value is -3.73. The van der Waals surface area contributed by atoms with Gasteiger partial charge in [-0.25, -0.2) is 18.4 Å². The van der Waals surface area contributed by atoms with E-state index in [2.05, 4.69) is 10.1 Å². The van der Waals surface area contributed by atoms with Gasteiger partial charge >= 0.3 is 0 Å². The first-order valence-corrected chi connectivity index (χ1v) is 10.5. The largest absolute Gasteiger partial charge is 0.494 e. The van der Waals surface area contributed by atoms with Gasteiger partial charge in [0.25, 0.3) is 5.09 Å². The number of nitrogens with zero attached hydrogens (tertiary/aromatic N) is 4. The average molecular weight is 497 g/mol. The van der Waals surface area contributed by atoms with Crippen LogP contribution in [0.3, 0.4) is 0 Å². The fraction of sp³-hybridized carbons (Fsp3) is 0.273. The number of rotatable bonds is 10. The molecule has 182 valence electrons. The van der Waals surface area contributed by atoms with Gasteiger partial charge in [0.05, 0.1) is 24.5 Å². The van der Waals surface area contributed by atoms with E-state index >= 15 is 0 Å². The van der Waals surface area contributed by atoms with Crippen molar-refractivity contribution in [1.29, 1.82) is 0 Å². The van der Waals surface area contributed by atoms with Crippen LogP contribution in [0.5, 0.6) is 5.75 Å². The molecule has 0 radical (unpaired) electrons. The SMILES string of the molecule is C/C(=C(/OCCCCCOc1ccc(Cl)cc1)c1ccc(F)cc1F)n1cncn1.O=[N+]([O-])O. The third-order valence-electron chi connectivity index (χ3n) is 4.38. The molecule has 0 bridgehead atoms. The maximum atomic E-state index is 14.3. The molecule has 1 heterocycles. The molecule has 0 amide bonds. The smallest absolute Gasteiger partial charge is 0.291 e. The van der Waals surface area contributed by atoms with E-state index in [0.29, 0.717) is 29.7 Å². The monoisotopic (exact) mass is 496 g/mol. The standard InChI is InChI=1S/C22H22ClF2N3O2.HNO3/c1-16(28-15-26-14-27-28)22(20-10-7-18(24)13-21(20)25)30-12-4-2-3-11-29-19-8-5-17(23)6-9-19;2-1(3)4/h5-10,13-15H,2-4,11-12H2,1H3;(H,2,3,4)/b22-16-;. The van der Waals surface area contributed by atoms with E-state index in [-0.39, 0.29) is 5.56 Å². The van der Waals surface area contributed by atoms with Gasteiger partial charge in [0.15, 0.2) is 5.76 Å². The second-order valence-corrected chi connectivity index (χ2v) is 7.26. The van der Waals surface area contributed by atoms with E-state index in [1.165, 1.54) is 29.5 Å². The molecule has 2 aromatic carbocycles. The van der Waals surface area contributed by atoms with Crippen molar-refractivity contribution in [1.82, 2.24) is 14.8 Å². The summed E-state index contributed by atoms with van der Waals surface area (Å²) < 4.78 is 40.7. The summed E-state index contributed by atoms with van der Waals surface area (Å²) in [5, 5.41) is 18.4. The molecule has 0 spiro atoms. The van der Waals surface area contributed by atoms with Crippen LogP contribution in [0.25, 0.3) is 11.5 Å². The Morgan fingerprint density at radius 2 is 1.82 bits per heavy atom. The molecule has 1 N–H and O–H groups in total. The van der Waals surface area contributed by atoms with Gasteiger partial charge in [-0.2, -0.15) is 5.10 Å². The lowest BCUT2D eigenvalue weighted by Gasteiger charge is -2.15. The molecule has 0 aliphatic heterocycles. The molecule has 0 aliphatic rings. The summed E-state index contributed by atoms with van der Waals surface area (Å²) in [4.78, 5) is 12.3. The van der Waals surface area contributed by atoms with Gasteiger partial charge in [0, 0.05) is 11.1 Å². The topological polar surface area (TPSA) is 113 Å². The molecule has 0 unspecified atom stereocenters. The highest BCUT2D eigenvalue weighted by molar-refractivity contribution is 6.30. The minimum Gasteiger partial charge on any atom is -0.494 e. The number of halogens is 3. The van der Waals surface area contributed by atoms with Gasteiger partial charge in [-0.3, -0.25) is 0 Å². The van der Waals surface area contributed by atoms with Crippen LogP contribution in [0.4, 0.5) is 8.78 Å². The molecule has 3 aromatic rings. The minimum atomic E-state index is -1.50. The van der Waals surface area contributed by atoms with Gasteiger partial charge in [-0.15, -0.1) is 10.1 Å². The van der Waals surface area contributed by atoms with Gasteiger partial charge in [-0.1, -0.05) is 11.6 Å². The third-order valence-corrected chi connectivity index (χ3v) is 4.64. The quantitative estimate of drug-likeness (QED) is 0.171. The van der Waals surface area contributed by atoms with Crippen molar-refractivity contribution in [2.75, 3.05) is 13.2 Å². The number of benzene rings is 2. The molecule has 34 heavy (non-hydrogen) atoms. The van der Waals surface area contributed by atoms with Gasteiger partial charge in [-0.05, 0) is 62.6 Å². The van der Waals surface area contributed by atoms with E-state index in [4.69, 9.17) is 36.4 Å². The molecule has 0 fully saturated rings. The van der Waals surface area contributed by atoms with Gasteiger partial charge in [0.2, 0.25) is 0 Å². The zero-order valence-electron chi connectivity index (χ0n) is 18.2. The summed E-state index contributed by atoms with van der Waals surface area (Å²) in [7, 11) is 0. The summed E-state index contributed by atoms with van der Waals surface area (Å²) >= 11 is 5.85. The van der Waals surface area contributed by atoms with Crippen molar-refractivity contribution >= 4 is 23.1 Å². The lowest BCUT2D eigenvalue weighted by atomic mass is 10.1. The van der Waals surface area contributed by atoms with Crippen LogP contribution in [-0.2, 0) is 4.74 Å². The van der Waals surface area contributed by atoms with Crippen LogP contribution in [0.2, 0.25) is 5.02 Å². The van der Waals surface area contributed by atoms with Crippen LogP contribution >= 0.6 is 11.6 Å². The molecule has 0 aliphatic carbocycles. The second kappa shape index (κ2) is 13.7. The Labute approximate surface area is 199 Å². The molecule has 0 atom stereocenters. The summed E-state index contributed by atoms with van der Waals surface area (Å²) in [6, 6.07) is 10.6. The van der Waals surface area contributed by atoms with Crippen molar-refractivity contribution in [3.8, 4) is 5.75 Å². The number of hydrogen-bond donors (Lipinski definition) is 1. The second-order valence-electron chi connectivity index (χ2n) is 6.83. The first-order valence-electron chi connectivity index (χ1n) is 10.1. The van der Waals surface area contributed by atoms with Crippen LogP contribution in [-0.4, -0.2) is 38.3 Å². The zero-order valence-corrected chi connectivity index (χ0v) is 19.0. The highest BCUT2D eigenvalue weighted by Crippen LogP contribution is 2.26. The fourth-order valence-electron chi connectivity index (χ4n) is 2.81. The molecular formula is C22H23ClF2N4O5. The van der Waals surface area contributed by atoms with E-state index in [0.717, 1.165) is 31.1 Å². The number of ether oxygens (including phenoxy) is 2. The van der Waals surface area contributed by atoms with Crippen LogP contribution < -0.4 is 4.74 Å². The Kier molecular flexibility index (Phi) is 10.7. The van der Waals surface area contributed by atoms with E-state index < -0.39 is 16.7 Å². The molecule has 0 saturated carbocycles. The summed E-state index contributed by atoms with van der Waals surface area (Å²) in [5.41, 5.74) is 0.736. The van der Waals surface area contributed by atoms with Crippen LogP contribution in [0, 0.1) is 21.7 Å². The molecular weight excluding hydrogens is 474 g/mol. The first kappa shape index (κ1) is 26.5. The molecule has 12 heteroatoms. The lowest BCUT2D eigenvalue weighted by molar-refractivity contribution is -0.742. The number of aromatic nitrogens is 3. The Balaban J connectivity index is 0.000000945. The summed E-state index contributed by atoms with van der Waals surface area (Å²) in [6.45, 7) is 2.70. The van der Waals surface area contributed by atoms with Crippen molar-refractivity contribution in [2.24, 2.45) is 0 Å². The Morgan fingerprint density at radius 3 is 2.44 bits per heavy atom. The highest BCUT2D eigenvalue weighted by atomic mass is 35.5. The van der Waals surface area contributed by atoms with E-state index in [1.807, 2.05) is 12.1 Å². The highest BCUT2D eigenvalue weighted by Gasteiger charge is 2.15. The van der Waals surface area contributed by atoms with Gasteiger partial charge < -0.3 is 14.7 Å². The zero-order chi connectivity index (χ0) is 24.9. The number of hydrogen-bond acceptors (Lipinski definition) is 6. The predicted molar refractivity (Wildman–Crippen MR) is 121 cm³/mol. The van der Waals surface area contributed by atoms with Crippen LogP contribution in [0.15, 0.2) is 55.1 Å². The normalized spacial score (nSPS) is 11.2. The van der Waals surface area contributed by atoms with Crippen molar-refractivity contribution in [3.63, 3.8) is 0 Å². The fourth-order valence-corrected chi connectivity index (χ4v) is 2.94. The first-order chi connectivity index (χ1) is 16.3. The summed E-state index contributed by atoms with van der Waals surface area (Å²) in [6.07, 6.45) is 5.34. The van der Waals surface area contributed by atoms with Crippen molar-refractivity contribution < 1.29 is 28.5 Å². The van der Waals surface area contributed by atoms with Crippen molar-refractivity contribution in [2.45, 2.75) is 26.2 Å².